The molecular weight excluding hydrogens is 259 g/mol. The van der Waals surface area contributed by atoms with Crippen molar-refractivity contribution in [2.75, 3.05) is 0 Å². The fourth-order valence-electron chi connectivity index (χ4n) is 0.915. The maximum absolute atomic E-state index is 12.9. The number of halogens is 6. The van der Waals surface area contributed by atoms with Gasteiger partial charge in [-0.15, -0.1) is 0 Å². The summed E-state index contributed by atoms with van der Waals surface area (Å²) in [6.45, 7) is 0. The normalized spacial score (nSPS) is 11.6. The molecule has 0 heterocycles. The van der Waals surface area contributed by atoms with Gasteiger partial charge in [0, 0.05) is 0 Å². The summed E-state index contributed by atoms with van der Waals surface area (Å²) in [6.07, 6.45) is -4.86. The molecule has 0 saturated carbocycles. The first-order chi connectivity index (χ1) is 6.73. The van der Waals surface area contributed by atoms with Gasteiger partial charge < -0.3 is 0 Å². The smallest absolute Gasteiger partial charge is 0.276 e. The Kier molecular flexibility index (Phi) is 3.25. The summed E-state index contributed by atoms with van der Waals surface area (Å²) in [6, 6.07) is 0.687. The second-order valence-corrected chi connectivity index (χ2v) is 3.33. The third-order valence-corrected chi connectivity index (χ3v) is 2.09. The zero-order valence-corrected chi connectivity index (χ0v) is 8.34. The van der Waals surface area contributed by atoms with Gasteiger partial charge in [0.1, 0.15) is 5.82 Å². The average Bonchev–Trinajstić information content (AvgIpc) is 2.06. The van der Waals surface area contributed by atoms with Crippen LogP contribution in [-0.2, 0) is 6.18 Å². The molecule has 1 aromatic rings. The van der Waals surface area contributed by atoms with Crippen LogP contribution in [0, 0.1) is 5.82 Å². The number of carbonyl (C=O) groups is 1. The molecule has 7 heteroatoms. The Labute approximate surface area is 91.6 Å². The molecule has 0 aliphatic heterocycles. The van der Waals surface area contributed by atoms with Crippen LogP contribution in [0.5, 0.6) is 0 Å². The van der Waals surface area contributed by atoms with Gasteiger partial charge >= 0.3 is 6.18 Å². The first kappa shape index (κ1) is 12.3. The Morgan fingerprint density at radius 3 is 2.20 bits per heavy atom. The van der Waals surface area contributed by atoms with E-state index in [1.165, 1.54) is 0 Å². The number of hydrogen-bond acceptors (Lipinski definition) is 1. The van der Waals surface area contributed by atoms with E-state index in [0.29, 0.717) is 12.1 Å². The van der Waals surface area contributed by atoms with E-state index in [4.69, 9.17) is 23.2 Å². The molecule has 0 N–H and O–H groups in total. The molecule has 0 saturated heterocycles. The van der Waals surface area contributed by atoms with Gasteiger partial charge in [0.2, 0.25) is 0 Å². The van der Waals surface area contributed by atoms with Crippen molar-refractivity contribution in [2.24, 2.45) is 0 Å². The van der Waals surface area contributed by atoms with E-state index in [0.717, 1.165) is 0 Å². The first-order valence-electron chi connectivity index (χ1n) is 3.49. The van der Waals surface area contributed by atoms with Crippen LogP contribution in [0.4, 0.5) is 17.6 Å². The highest BCUT2D eigenvalue weighted by Crippen LogP contribution is 2.34. The van der Waals surface area contributed by atoms with Crippen molar-refractivity contribution in [3.63, 3.8) is 0 Å². The van der Waals surface area contributed by atoms with Gasteiger partial charge in [0.05, 0.1) is 16.1 Å². The van der Waals surface area contributed by atoms with Crippen molar-refractivity contribution < 1.29 is 22.4 Å². The van der Waals surface area contributed by atoms with Crippen molar-refractivity contribution >= 4 is 28.4 Å². The van der Waals surface area contributed by atoms with Crippen molar-refractivity contribution in [3.8, 4) is 0 Å². The van der Waals surface area contributed by atoms with Gasteiger partial charge in [-0.25, -0.2) is 4.39 Å². The van der Waals surface area contributed by atoms with Crippen LogP contribution in [0.2, 0.25) is 5.02 Å². The van der Waals surface area contributed by atoms with Gasteiger partial charge in [-0.05, 0) is 23.7 Å². The molecular formula is C8H2Cl2F4O. The molecule has 82 valence electrons. The van der Waals surface area contributed by atoms with Crippen molar-refractivity contribution in [1.82, 2.24) is 0 Å². The van der Waals surface area contributed by atoms with Crippen LogP contribution >= 0.6 is 23.2 Å². The third-order valence-electron chi connectivity index (χ3n) is 1.57. The highest BCUT2D eigenvalue weighted by atomic mass is 35.5. The minimum absolute atomic E-state index is 0.326. The van der Waals surface area contributed by atoms with Crippen LogP contribution in [0.15, 0.2) is 12.1 Å². The fourth-order valence-corrected chi connectivity index (χ4v) is 1.37. The molecule has 0 radical (unpaired) electrons. The Morgan fingerprint density at radius 1 is 1.27 bits per heavy atom. The summed E-state index contributed by atoms with van der Waals surface area (Å²) in [5, 5.41) is -1.66. The molecule has 0 aliphatic carbocycles. The SMILES string of the molecule is O=C(Cl)c1cc(F)c(C(F)(F)F)cc1Cl. The highest BCUT2D eigenvalue weighted by molar-refractivity contribution is 6.68. The molecule has 0 atom stereocenters. The lowest BCUT2D eigenvalue weighted by Crippen LogP contribution is -2.09. The maximum Gasteiger partial charge on any atom is 0.419 e. The van der Waals surface area contributed by atoms with Gasteiger partial charge in [-0.1, -0.05) is 11.6 Å². The molecule has 1 aromatic carbocycles. The fraction of sp³-hybridized carbons (Fsp3) is 0.125. The van der Waals surface area contributed by atoms with Gasteiger partial charge in [0.15, 0.2) is 0 Å². The summed E-state index contributed by atoms with van der Waals surface area (Å²) in [4.78, 5) is 10.6. The second kappa shape index (κ2) is 3.98. The minimum atomic E-state index is -4.86. The van der Waals surface area contributed by atoms with Crippen LogP contribution < -0.4 is 0 Å². The van der Waals surface area contributed by atoms with E-state index in [1.807, 2.05) is 0 Å². The largest absolute Gasteiger partial charge is 0.419 e. The molecule has 15 heavy (non-hydrogen) atoms. The van der Waals surface area contributed by atoms with Gasteiger partial charge in [-0.3, -0.25) is 4.79 Å². The number of carbonyl (C=O) groups excluding carboxylic acids is 1. The van der Waals surface area contributed by atoms with E-state index in [2.05, 4.69) is 0 Å². The number of alkyl halides is 3. The predicted molar refractivity (Wildman–Crippen MR) is 46.6 cm³/mol. The summed E-state index contributed by atoms with van der Waals surface area (Å²) >= 11 is 10.3. The zero-order chi connectivity index (χ0) is 11.8. The standard InChI is InChI=1S/C8H2Cl2F4O/c9-5-2-4(8(12,13)14)6(11)1-3(5)7(10)15/h1-2H. The van der Waals surface area contributed by atoms with E-state index >= 15 is 0 Å². The average molecular weight is 261 g/mol. The predicted octanol–water partition coefficient (Wildman–Crippen LogP) is 3.88. The van der Waals surface area contributed by atoms with E-state index in [9.17, 15) is 22.4 Å². The van der Waals surface area contributed by atoms with Crippen molar-refractivity contribution in [2.45, 2.75) is 6.18 Å². The monoisotopic (exact) mass is 260 g/mol. The lowest BCUT2D eigenvalue weighted by Gasteiger charge is -2.09. The molecule has 0 spiro atoms. The Bertz CT molecular complexity index is 414. The van der Waals surface area contributed by atoms with Crippen LogP contribution in [0.1, 0.15) is 15.9 Å². The summed E-state index contributed by atoms with van der Waals surface area (Å²) in [5.74, 6) is -1.59. The van der Waals surface area contributed by atoms with Crippen LogP contribution in [-0.4, -0.2) is 5.24 Å². The molecule has 0 amide bonds. The Balaban J connectivity index is 3.39. The molecule has 0 fully saturated rings. The molecule has 1 rings (SSSR count). The lowest BCUT2D eigenvalue weighted by atomic mass is 10.1. The van der Waals surface area contributed by atoms with Crippen molar-refractivity contribution in [3.05, 3.63) is 34.1 Å². The number of hydrogen-bond donors (Lipinski definition) is 0. The van der Waals surface area contributed by atoms with Gasteiger partial charge in [0.25, 0.3) is 5.24 Å². The molecule has 0 bridgehead atoms. The maximum atomic E-state index is 12.9. The van der Waals surface area contributed by atoms with E-state index in [1.54, 1.807) is 0 Å². The highest BCUT2D eigenvalue weighted by Gasteiger charge is 2.35. The third kappa shape index (κ3) is 2.60. The topological polar surface area (TPSA) is 17.1 Å². The van der Waals surface area contributed by atoms with E-state index in [-0.39, 0.29) is 0 Å². The number of benzene rings is 1. The lowest BCUT2D eigenvalue weighted by molar-refractivity contribution is -0.140. The molecule has 0 unspecified atom stereocenters. The molecule has 0 aliphatic rings. The molecule has 0 aromatic heterocycles. The summed E-state index contributed by atoms with van der Waals surface area (Å²) < 4.78 is 49.3. The van der Waals surface area contributed by atoms with Crippen LogP contribution in [0.3, 0.4) is 0 Å². The Morgan fingerprint density at radius 2 is 1.80 bits per heavy atom. The molecule has 1 nitrogen and oxygen atoms in total. The summed E-state index contributed by atoms with van der Waals surface area (Å²) in [5.41, 5.74) is -2.03. The number of rotatable bonds is 1. The van der Waals surface area contributed by atoms with Gasteiger partial charge in [-0.2, -0.15) is 13.2 Å². The second-order valence-electron chi connectivity index (χ2n) is 2.58. The quantitative estimate of drug-likeness (QED) is 0.553. The van der Waals surface area contributed by atoms with Crippen molar-refractivity contribution in [1.29, 1.82) is 0 Å². The van der Waals surface area contributed by atoms with Crippen LogP contribution in [0.25, 0.3) is 0 Å². The zero-order valence-electron chi connectivity index (χ0n) is 6.83. The summed E-state index contributed by atoms with van der Waals surface area (Å²) in [7, 11) is 0. The minimum Gasteiger partial charge on any atom is -0.276 e. The van der Waals surface area contributed by atoms with E-state index < -0.39 is 33.4 Å². The Hall–Kier alpha value is -0.810. The first-order valence-corrected chi connectivity index (χ1v) is 4.25.